The molecule has 3 aliphatic carbocycles. The number of anilines is 6. The molecular weight excluding hydrogens is 1080 g/mol. The van der Waals surface area contributed by atoms with E-state index >= 15 is 0 Å². The fraction of sp³-hybridized carbons (Fsp3) is 0.229. The third-order valence-electron chi connectivity index (χ3n) is 19.5. The van der Waals surface area contributed by atoms with Gasteiger partial charge in [0.1, 0.15) is 0 Å². The second-order valence-electron chi connectivity index (χ2n) is 29.2. The van der Waals surface area contributed by atoms with Gasteiger partial charge < -0.3 is 9.80 Å². The van der Waals surface area contributed by atoms with Gasteiger partial charge in [-0.2, -0.15) is 0 Å². The van der Waals surface area contributed by atoms with E-state index in [1.165, 1.54) is 156 Å². The molecule has 10 aromatic carbocycles. The van der Waals surface area contributed by atoms with Gasteiger partial charge in [0.15, 0.2) is 0 Å². The van der Waals surface area contributed by atoms with Crippen molar-refractivity contribution in [2.45, 2.75) is 125 Å². The number of hydrogen-bond acceptors (Lipinski definition) is 2. The molecule has 2 nitrogen and oxygen atoms in total. The molecule has 0 unspecified atom stereocenters. The largest absolute Gasteiger partial charge is 0.310 e. The van der Waals surface area contributed by atoms with Crippen LogP contribution in [0.2, 0.25) is 39.3 Å². The predicted molar refractivity (Wildman–Crippen MR) is 384 cm³/mol. The van der Waals surface area contributed by atoms with Gasteiger partial charge in [0.05, 0.1) is 16.1 Å². The lowest BCUT2D eigenvalue weighted by atomic mass is 9.81. The van der Waals surface area contributed by atoms with E-state index < -0.39 is 16.1 Å². The number of fused-ring (bicyclic) bond motifs is 9. The molecule has 0 heterocycles. The number of benzene rings is 10. The maximum atomic E-state index is 2.46. The molecule has 0 saturated heterocycles. The van der Waals surface area contributed by atoms with Crippen LogP contribution in [0.15, 0.2) is 194 Å². The standard InChI is InChI=1S/C83H84N2Si2/c1-53-41-54(2)44-65(43-53)84(61-25-31-67(32-26-61)86(11,12)13)63-29-39-73-71-37-23-59(49-77(71)82(7,8)79(73)51-63)19-17-57-21-35-69-70-36-22-58(48-76(70)81(5,6)75(69)47-57)18-20-60-24-38-72-74-40-30-64(52-80(74)83(9,10)78(72)50-60)85(66-45-55(3)42-56(4)46-66)62-27-33-68(34-28-62)87(14,15)16/h17-52H,1-16H3. The van der Waals surface area contributed by atoms with Crippen molar-refractivity contribution in [2.75, 3.05) is 9.80 Å². The lowest BCUT2D eigenvalue weighted by Gasteiger charge is -2.29. The van der Waals surface area contributed by atoms with Crippen molar-refractivity contribution >= 4 is 84.9 Å². The van der Waals surface area contributed by atoms with Crippen LogP contribution in [0.25, 0.3) is 57.7 Å². The SMILES string of the molecule is Cc1cc(C)cc(N(c2ccc([Si](C)(C)C)cc2)c2ccc3c(c2)C(C)(C)c2cc(C=Cc4ccc5c(c4)C(C)(C)c4cc(C=Cc6ccc7c(c6)C(C)(C)c6cc(N(c8ccc([Si](C)(C)C)cc8)c8cc(C)cc(C)c8)ccc6-7)ccc4-5)ccc2-3)c1. The average molecular weight is 1170 g/mol. The van der Waals surface area contributed by atoms with E-state index in [2.05, 4.69) is 337 Å². The third kappa shape index (κ3) is 10.3. The molecule has 0 radical (unpaired) electrons. The van der Waals surface area contributed by atoms with Crippen LogP contribution in [0.5, 0.6) is 0 Å². The maximum Gasteiger partial charge on any atom is 0.0775 e. The molecule has 3 aliphatic rings. The van der Waals surface area contributed by atoms with Crippen molar-refractivity contribution in [2.24, 2.45) is 0 Å². The molecule has 4 heteroatoms. The molecule has 0 fully saturated rings. The lowest BCUT2D eigenvalue weighted by molar-refractivity contribution is 0.660. The Kier molecular flexibility index (Phi) is 13.9. The van der Waals surface area contributed by atoms with Gasteiger partial charge >= 0.3 is 0 Å². The first kappa shape index (κ1) is 57.8. The van der Waals surface area contributed by atoms with E-state index in [1.807, 2.05) is 0 Å². The number of rotatable bonds is 12. The summed E-state index contributed by atoms with van der Waals surface area (Å²) in [6, 6.07) is 75.1. The Morgan fingerprint density at radius 1 is 0.253 bits per heavy atom. The predicted octanol–water partition coefficient (Wildman–Crippen LogP) is 22.2. The Morgan fingerprint density at radius 3 is 0.736 bits per heavy atom. The summed E-state index contributed by atoms with van der Waals surface area (Å²) in [6.07, 6.45) is 9.23. The van der Waals surface area contributed by atoms with Gasteiger partial charge in [0, 0.05) is 50.4 Å². The molecule has 0 amide bonds. The topological polar surface area (TPSA) is 6.48 Å². The highest BCUT2D eigenvalue weighted by atomic mass is 28.3. The van der Waals surface area contributed by atoms with Crippen LogP contribution < -0.4 is 20.2 Å². The zero-order chi connectivity index (χ0) is 61.3. The third-order valence-corrected chi connectivity index (χ3v) is 23.6. The Balaban J connectivity index is 0.730. The van der Waals surface area contributed by atoms with Gasteiger partial charge in [-0.3, -0.25) is 0 Å². The summed E-state index contributed by atoms with van der Waals surface area (Å²) in [6.45, 7) is 37.7. The summed E-state index contributed by atoms with van der Waals surface area (Å²) in [5, 5.41) is 2.95. The monoisotopic (exact) mass is 1160 g/mol. The minimum atomic E-state index is -1.46. The van der Waals surface area contributed by atoms with E-state index in [-0.39, 0.29) is 16.2 Å². The quantitative estimate of drug-likeness (QED) is 0.0889. The Bertz CT molecular complexity index is 4150. The molecule has 13 rings (SSSR count). The molecule has 0 atom stereocenters. The first-order valence-corrected chi connectivity index (χ1v) is 38.4. The summed E-state index contributed by atoms with van der Waals surface area (Å²) in [4.78, 5) is 4.90. The first-order chi connectivity index (χ1) is 41.2. The summed E-state index contributed by atoms with van der Waals surface area (Å²) < 4.78 is 0. The second kappa shape index (κ2) is 21.0. The van der Waals surface area contributed by atoms with Crippen LogP contribution in [-0.2, 0) is 16.2 Å². The molecular formula is C83H84N2Si2. The zero-order valence-corrected chi connectivity index (χ0v) is 56.2. The summed E-state index contributed by atoms with van der Waals surface area (Å²) >= 11 is 0. The van der Waals surface area contributed by atoms with Crippen LogP contribution >= 0.6 is 0 Å². The number of aryl methyl sites for hydroxylation is 4. The van der Waals surface area contributed by atoms with E-state index in [9.17, 15) is 0 Å². The van der Waals surface area contributed by atoms with Gasteiger partial charge in [-0.15, -0.1) is 0 Å². The highest BCUT2D eigenvalue weighted by molar-refractivity contribution is 6.89. The van der Waals surface area contributed by atoms with Gasteiger partial charge in [-0.05, 0) is 212 Å². The maximum absolute atomic E-state index is 2.46. The van der Waals surface area contributed by atoms with Crippen molar-refractivity contribution in [1.82, 2.24) is 0 Å². The van der Waals surface area contributed by atoms with E-state index in [0.29, 0.717) is 0 Å². The van der Waals surface area contributed by atoms with Crippen molar-refractivity contribution in [3.8, 4) is 33.4 Å². The summed E-state index contributed by atoms with van der Waals surface area (Å²) in [5.41, 5.74) is 32.8. The lowest BCUT2D eigenvalue weighted by Crippen LogP contribution is -2.37. The molecule has 0 spiro atoms. The van der Waals surface area contributed by atoms with E-state index in [4.69, 9.17) is 0 Å². The summed E-state index contributed by atoms with van der Waals surface area (Å²) in [7, 11) is -2.91. The minimum Gasteiger partial charge on any atom is -0.310 e. The molecule has 10 aromatic rings. The molecule has 434 valence electrons. The average Bonchev–Trinajstić information content (AvgIpc) is 1.65. The molecule has 0 bridgehead atoms. The van der Waals surface area contributed by atoms with Gasteiger partial charge in [-0.25, -0.2) is 0 Å². The Morgan fingerprint density at radius 2 is 0.483 bits per heavy atom. The van der Waals surface area contributed by atoms with Gasteiger partial charge in [0.25, 0.3) is 0 Å². The molecule has 0 aliphatic heterocycles. The molecule has 0 aromatic heterocycles. The van der Waals surface area contributed by atoms with Crippen LogP contribution in [0.4, 0.5) is 34.1 Å². The smallest absolute Gasteiger partial charge is 0.0775 e. The Hall–Kier alpha value is -8.29. The normalized spacial score (nSPS) is 14.9. The molecule has 0 N–H and O–H groups in total. The van der Waals surface area contributed by atoms with E-state index in [0.717, 1.165) is 0 Å². The van der Waals surface area contributed by atoms with Crippen molar-refractivity contribution in [3.05, 3.63) is 272 Å². The second-order valence-corrected chi connectivity index (χ2v) is 39.3. The number of nitrogens with zero attached hydrogens (tertiary/aromatic N) is 2. The van der Waals surface area contributed by atoms with Crippen LogP contribution in [-0.4, -0.2) is 16.1 Å². The van der Waals surface area contributed by atoms with Crippen molar-refractivity contribution < 1.29 is 0 Å². The zero-order valence-electron chi connectivity index (χ0n) is 54.2. The first-order valence-electron chi connectivity index (χ1n) is 31.4. The summed E-state index contributed by atoms with van der Waals surface area (Å²) in [5.74, 6) is 0. The van der Waals surface area contributed by atoms with Gasteiger partial charge in [0.2, 0.25) is 0 Å². The molecule has 87 heavy (non-hydrogen) atoms. The fourth-order valence-corrected chi connectivity index (χ4v) is 16.9. The van der Waals surface area contributed by atoms with Crippen LogP contribution in [0.3, 0.4) is 0 Å². The minimum absolute atomic E-state index is 0.154. The molecule has 0 saturated carbocycles. The van der Waals surface area contributed by atoms with Crippen molar-refractivity contribution in [1.29, 1.82) is 0 Å². The van der Waals surface area contributed by atoms with E-state index in [1.54, 1.807) is 0 Å². The Labute approximate surface area is 521 Å². The van der Waals surface area contributed by atoms with Crippen molar-refractivity contribution in [3.63, 3.8) is 0 Å². The van der Waals surface area contributed by atoms with Crippen LogP contribution in [0, 0.1) is 27.7 Å². The van der Waals surface area contributed by atoms with Crippen LogP contribution in [0.1, 0.15) is 119 Å². The fourth-order valence-electron chi connectivity index (χ4n) is 14.6. The van der Waals surface area contributed by atoms with Gasteiger partial charge in [-0.1, -0.05) is 237 Å². The number of hydrogen-bond donors (Lipinski definition) is 0. The highest BCUT2D eigenvalue weighted by Gasteiger charge is 2.39. The highest BCUT2D eigenvalue weighted by Crippen LogP contribution is 2.54.